The molecule has 1 heterocycles. The largest absolute Gasteiger partial charge is 0.383 e. The van der Waals surface area contributed by atoms with Crippen molar-refractivity contribution in [3.63, 3.8) is 0 Å². The fourth-order valence-electron chi connectivity index (χ4n) is 3.94. The van der Waals surface area contributed by atoms with Gasteiger partial charge in [-0.3, -0.25) is 0 Å². The summed E-state index contributed by atoms with van der Waals surface area (Å²) in [5.41, 5.74) is 4.60. The Hall–Kier alpha value is -1.81. The van der Waals surface area contributed by atoms with Gasteiger partial charge in [-0.2, -0.15) is 0 Å². The zero-order chi connectivity index (χ0) is 20.1. The zero-order valence-corrected chi connectivity index (χ0v) is 17.6. The van der Waals surface area contributed by atoms with Crippen molar-refractivity contribution in [2.45, 2.75) is 62.2 Å². The Morgan fingerprint density at radius 1 is 1.25 bits per heavy atom. The van der Waals surface area contributed by atoms with E-state index in [4.69, 9.17) is 5.14 Å². The van der Waals surface area contributed by atoms with Crippen molar-refractivity contribution in [3.05, 3.63) is 39.5 Å². The Kier molecular flexibility index (Phi) is 4.81. The number of rotatable bonds is 3. The number of hydrogen-bond acceptors (Lipinski definition) is 5. The molecule has 1 atom stereocenters. The SMILES string of the molecule is CC(C)(O)c1ncc([S@@](N)(=O)=NC(=O)Nc2c3c(cc4c2CCC4)CCC3)s1. The van der Waals surface area contributed by atoms with Crippen molar-refractivity contribution >= 4 is 33.0 Å². The number of carbonyl (C=O) groups excluding carboxylic acids is 1. The molecule has 4 rings (SSSR count). The predicted molar refractivity (Wildman–Crippen MR) is 110 cm³/mol. The highest BCUT2D eigenvalue weighted by atomic mass is 32.2. The molecule has 0 saturated carbocycles. The van der Waals surface area contributed by atoms with Crippen LogP contribution in [0.1, 0.15) is 54.0 Å². The average molecular weight is 421 g/mol. The number of urea groups is 1. The third kappa shape index (κ3) is 3.59. The molecule has 2 aliphatic rings. The summed E-state index contributed by atoms with van der Waals surface area (Å²) in [4.78, 5) is 16.7. The Bertz CT molecular complexity index is 1040. The van der Waals surface area contributed by atoms with Crippen molar-refractivity contribution in [2.24, 2.45) is 9.50 Å². The number of hydrogen-bond donors (Lipinski definition) is 3. The molecule has 28 heavy (non-hydrogen) atoms. The number of fused-ring (bicyclic) bond motifs is 2. The zero-order valence-electron chi connectivity index (χ0n) is 15.9. The van der Waals surface area contributed by atoms with Crippen LogP contribution in [0, 0.1) is 0 Å². The van der Waals surface area contributed by atoms with E-state index >= 15 is 0 Å². The third-order valence-electron chi connectivity index (χ3n) is 5.22. The number of nitrogens with zero attached hydrogens (tertiary/aromatic N) is 2. The lowest BCUT2D eigenvalue weighted by atomic mass is 9.99. The molecule has 2 aromatic rings. The van der Waals surface area contributed by atoms with Crippen LogP contribution >= 0.6 is 11.3 Å². The minimum absolute atomic E-state index is 0.170. The lowest BCUT2D eigenvalue weighted by molar-refractivity contribution is 0.0783. The standard InChI is InChI=1S/C19H24N4O3S2/c1-19(2,25)17-21-10-15(27-17)28(20,26)23-18(24)22-16-13-7-3-5-11(13)9-12-6-4-8-14(12)16/h9-10,25H,3-8H2,1-2H3,(H3,20,22,23,24,26)/t28-/m0/s1. The maximum atomic E-state index is 12.8. The van der Waals surface area contributed by atoms with E-state index in [0.717, 1.165) is 55.5 Å². The molecule has 9 heteroatoms. The van der Waals surface area contributed by atoms with Gasteiger partial charge in [-0.15, -0.1) is 15.7 Å². The highest BCUT2D eigenvalue weighted by Gasteiger charge is 2.26. The monoisotopic (exact) mass is 420 g/mol. The summed E-state index contributed by atoms with van der Waals surface area (Å²) >= 11 is 1.000. The molecule has 7 nitrogen and oxygen atoms in total. The van der Waals surface area contributed by atoms with Gasteiger partial charge in [0.2, 0.25) is 0 Å². The number of nitrogens with one attached hydrogen (secondary N) is 1. The molecule has 4 N–H and O–H groups in total. The highest BCUT2D eigenvalue weighted by Crippen LogP contribution is 2.38. The van der Waals surface area contributed by atoms with E-state index in [1.54, 1.807) is 13.8 Å². The van der Waals surface area contributed by atoms with Crippen LogP contribution in [0.5, 0.6) is 0 Å². The smallest absolute Gasteiger partial charge is 0.354 e. The van der Waals surface area contributed by atoms with Crippen LogP contribution in [-0.2, 0) is 41.2 Å². The molecule has 1 aromatic carbocycles. The number of aliphatic hydroxyl groups is 1. The van der Waals surface area contributed by atoms with Gasteiger partial charge in [-0.05, 0) is 74.6 Å². The Balaban J connectivity index is 1.65. The molecule has 2 amide bonds. The third-order valence-corrected chi connectivity index (χ3v) is 8.41. The van der Waals surface area contributed by atoms with Crippen LogP contribution in [0.4, 0.5) is 10.5 Å². The Morgan fingerprint density at radius 2 is 1.86 bits per heavy atom. The van der Waals surface area contributed by atoms with Crippen molar-refractivity contribution in [2.75, 3.05) is 5.32 Å². The maximum Gasteiger partial charge on any atom is 0.354 e. The summed E-state index contributed by atoms with van der Waals surface area (Å²) in [6.45, 7) is 3.16. The number of carbonyl (C=O) groups is 1. The van der Waals surface area contributed by atoms with E-state index in [1.165, 1.54) is 28.5 Å². The number of aromatic nitrogens is 1. The molecule has 0 aliphatic heterocycles. The first-order valence-electron chi connectivity index (χ1n) is 9.36. The Morgan fingerprint density at radius 3 is 2.39 bits per heavy atom. The summed E-state index contributed by atoms with van der Waals surface area (Å²) in [6.07, 6.45) is 7.38. The Labute approximate surface area is 168 Å². The minimum Gasteiger partial charge on any atom is -0.383 e. The van der Waals surface area contributed by atoms with E-state index in [0.29, 0.717) is 5.01 Å². The molecule has 150 valence electrons. The summed E-state index contributed by atoms with van der Waals surface area (Å²) in [6, 6.07) is 1.57. The number of amides is 2. The molecular weight excluding hydrogens is 396 g/mol. The van der Waals surface area contributed by atoms with Crippen molar-refractivity contribution in [1.82, 2.24) is 4.98 Å². The highest BCUT2D eigenvalue weighted by molar-refractivity contribution is 7.93. The lowest BCUT2D eigenvalue weighted by Gasteiger charge is -2.15. The van der Waals surface area contributed by atoms with Gasteiger partial charge in [0.05, 0.1) is 6.20 Å². The van der Waals surface area contributed by atoms with Gasteiger partial charge in [-0.25, -0.2) is 19.1 Å². The van der Waals surface area contributed by atoms with Crippen molar-refractivity contribution < 1.29 is 14.1 Å². The number of nitrogens with two attached hydrogens (primary N) is 1. The van der Waals surface area contributed by atoms with Gasteiger partial charge in [-0.1, -0.05) is 6.07 Å². The van der Waals surface area contributed by atoms with Crippen LogP contribution < -0.4 is 10.5 Å². The second-order valence-corrected chi connectivity index (χ2v) is 10.9. The van der Waals surface area contributed by atoms with E-state index < -0.39 is 21.5 Å². The number of thiazole rings is 1. The van der Waals surface area contributed by atoms with Gasteiger partial charge < -0.3 is 10.4 Å². The van der Waals surface area contributed by atoms with Crippen LogP contribution in [0.15, 0.2) is 20.8 Å². The average Bonchev–Trinajstić information content (AvgIpc) is 3.33. The topological polar surface area (TPSA) is 118 Å². The molecule has 2 aliphatic carbocycles. The normalized spacial score (nSPS) is 17.7. The summed E-state index contributed by atoms with van der Waals surface area (Å²) in [7, 11) is -3.44. The first-order valence-corrected chi connectivity index (χ1v) is 11.8. The maximum absolute atomic E-state index is 12.8. The molecule has 0 fully saturated rings. The summed E-state index contributed by atoms with van der Waals surface area (Å²) in [5.74, 6) is 0. The summed E-state index contributed by atoms with van der Waals surface area (Å²) < 4.78 is 16.8. The van der Waals surface area contributed by atoms with Gasteiger partial charge in [0.15, 0.2) is 9.92 Å². The van der Waals surface area contributed by atoms with Gasteiger partial charge in [0.25, 0.3) is 0 Å². The van der Waals surface area contributed by atoms with E-state index in [2.05, 4.69) is 20.7 Å². The van der Waals surface area contributed by atoms with Crippen molar-refractivity contribution in [1.29, 1.82) is 0 Å². The number of anilines is 1. The minimum atomic E-state index is -3.44. The first kappa shape index (κ1) is 19.5. The molecule has 0 radical (unpaired) electrons. The number of benzene rings is 1. The second-order valence-electron chi connectivity index (χ2n) is 7.87. The summed E-state index contributed by atoms with van der Waals surface area (Å²) in [5, 5.41) is 19.1. The lowest BCUT2D eigenvalue weighted by Crippen LogP contribution is -2.18. The van der Waals surface area contributed by atoms with E-state index in [9.17, 15) is 14.1 Å². The molecule has 0 unspecified atom stereocenters. The van der Waals surface area contributed by atoms with Crippen LogP contribution in [0.3, 0.4) is 0 Å². The van der Waals surface area contributed by atoms with Gasteiger partial charge in [0, 0.05) is 5.69 Å². The molecule has 0 bridgehead atoms. The number of aryl methyl sites for hydroxylation is 2. The van der Waals surface area contributed by atoms with Gasteiger partial charge in [0.1, 0.15) is 14.8 Å². The second kappa shape index (κ2) is 6.91. The molecular formula is C19H24N4O3S2. The first-order chi connectivity index (χ1) is 13.1. The quantitative estimate of drug-likeness (QED) is 0.706. The fourth-order valence-corrected chi connectivity index (χ4v) is 6.01. The molecule has 0 spiro atoms. The van der Waals surface area contributed by atoms with E-state index in [1.807, 2.05) is 0 Å². The molecule has 0 saturated heterocycles. The van der Waals surface area contributed by atoms with Gasteiger partial charge >= 0.3 is 6.03 Å². The van der Waals surface area contributed by atoms with Crippen molar-refractivity contribution in [3.8, 4) is 0 Å². The van der Waals surface area contributed by atoms with E-state index in [-0.39, 0.29) is 4.21 Å². The van der Waals surface area contributed by atoms with Crippen LogP contribution in [-0.4, -0.2) is 20.3 Å². The predicted octanol–water partition coefficient (Wildman–Crippen LogP) is 3.28. The van der Waals surface area contributed by atoms with Crippen LogP contribution in [0.25, 0.3) is 0 Å². The fraction of sp³-hybridized carbons (Fsp3) is 0.474. The molecule has 1 aromatic heterocycles. The van der Waals surface area contributed by atoms with Crippen LogP contribution in [0.2, 0.25) is 0 Å².